The van der Waals surface area contributed by atoms with Gasteiger partial charge in [0, 0.05) is 34.2 Å². The summed E-state index contributed by atoms with van der Waals surface area (Å²) in [6.45, 7) is 4.11. The van der Waals surface area contributed by atoms with Crippen molar-refractivity contribution in [1.29, 1.82) is 0 Å². The highest BCUT2D eigenvalue weighted by atomic mass is 32.2. The van der Waals surface area contributed by atoms with Crippen LogP contribution in [0.1, 0.15) is 19.5 Å². The smallest absolute Gasteiger partial charge is 0.183 e. The van der Waals surface area contributed by atoms with E-state index in [1.807, 2.05) is 6.92 Å². The third kappa shape index (κ3) is 3.75. The third-order valence-electron chi connectivity index (χ3n) is 1.77. The lowest BCUT2D eigenvalue weighted by Crippen LogP contribution is -2.22. The first-order chi connectivity index (χ1) is 6.61. The van der Waals surface area contributed by atoms with Gasteiger partial charge < -0.3 is 5.32 Å². The predicted octanol–water partition coefficient (Wildman–Crippen LogP) is 1.88. The average molecular weight is 232 g/mol. The Balaban J connectivity index is 2.47. The van der Waals surface area contributed by atoms with Crippen LogP contribution in [0, 0.1) is 0 Å². The molecule has 0 aliphatic carbocycles. The van der Waals surface area contributed by atoms with Crippen molar-refractivity contribution in [2.45, 2.75) is 26.3 Å². The molecule has 0 aromatic carbocycles. The van der Waals surface area contributed by atoms with E-state index in [-0.39, 0.29) is 6.04 Å². The van der Waals surface area contributed by atoms with E-state index in [4.69, 9.17) is 0 Å². The van der Waals surface area contributed by atoms with E-state index < -0.39 is 10.8 Å². The maximum absolute atomic E-state index is 11.0. The minimum absolute atomic E-state index is 0.219. The van der Waals surface area contributed by atoms with Crippen molar-refractivity contribution < 1.29 is 4.21 Å². The summed E-state index contributed by atoms with van der Waals surface area (Å²) in [5.41, 5.74) is 1.11. The molecule has 0 saturated heterocycles. The molecule has 0 radical (unpaired) electrons. The number of hydrogen-bond donors (Lipinski definition) is 1. The van der Waals surface area contributed by atoms with Crippen molar-refractivity contribution in [1.82, 2.24) is 4.98 Å². The summed E-state index contributed by atoms with van der Waals surface area (Å²) in [5.74, 6) is 0.668. The Labute approximate surface area is 91.4 Å². The molecule has 1 aromatic heterocycles. The van der Waals surface area contributed by atoms with Crippen molar-refractivity contribution >= 4 is 27.3 Å². The van der Waals surface area contributed by atoms with E-state index in [9.17, 15) is 4.21 Å². The van der Waals surface area contributed by atoms with Gasteiger partial charge in [-0.2, -0.15) is 0 Å². The Morgan fingerprint density at radius 2 is 2.43 bits per heavy atom. The number of nitrogens with one attached hydrogen (secondary N) is 1. The van der Waals surface area contributed by atoms with Crippen LogP contribution in [-0.2, 0) is 17.2 Å². The summed E-state index contributed by atoms with van der Waals surface area (Å²) in [5, 5.41) is 6.23. The van der Waals surface area contributed by atoms with Crippen LogP contribution in [0.15, 0.2) is 5.38 Å². The zero-order valence-electron chi connectivity index (χ0n) is 8.74. The molecule has 3 nitrogen and oxygen atoms in total. The van der Waals surface area contributed by atoms with Crippen molar-refractivity contribution in [3.63, 3.8) is 0 Å². The molecule has 2 atom stereocenters. The number of rotatable bonds is 5. The van der Waals surface area contributed by atoms with Crippen LogP contribution >= 0.6 is 11.3 Å². The molecular formula is C9H16N2OS2. The van der Waals surface area contributed by atoms with Crippen molar-refractivity contribution in [3.05, 3.63) is 11.1 Å². The van der Waals surface area contributed by atoms with Crippen molar-refractivity contribution in [3.8, 4) is 0 Å². The highest BCUT2D eigenvalue weighted by Gasteiger charge is 2.06. The second-order valence-corrected chi connectivity index (χ2v) is 5.62. The van der Waals surface area contributed by atoms with Gasteiger partial charge in [0.25, 0.3) is 0 Å². The van der Waals surface area contributed by atoms with Gasteiger partial charge in [0.05, 0.1) is 5.69 Å². The standard InChI is InChI=1S/C9H16N2OS2/c1-4-8-5-13-9(11-8)10-7(2)6-14(3)12/h5,7H,4,6H2,1-3H3,(H,10,11). The first-order valence-electron chi connectivity index (χ1n) is 4.62. The minimum atomic E-state index is -0.750. The molecule has 1 aromatic rings. The molecular weight excluding hydrogens is 216 g/mol. The second kappa shape index (κ2) is 5.46. The highest BCUT2D eigenvalue weighted by molar-refractivity contribution is 7.84. The average Bonchev–Trinajstić information content (AvgIpc) is 2.50. The topological polar surface area (TPSA) is 42.0 Å². The fourth-order valence-electron chi connectivity index (χ4n) is 1.14. The maximum Gasteiger partial charge on any atom is 0.183 e. The molecule has 0 saturated carbocycles. The Morgan fingerprint density at radius 1 is 1.71 bits per heavy atom. The SMILES string of the molecule is CCc1csc(NC(C)CS(C)=O)n1. The molecule has 14 heavy (non-hydrogen) atoms. The second-order valence-electron chi connectivity index (χ2n) is 3.28. The molecule has 5 heteroatoms. The maximum atomic E-state index is 11.0. The number of hydrogen-bond acceptors (Lipinski definition) is 4. The normalized spacial score (nSPS) is 15.1. The lowest BCUT2D eigenvalue weighted by molar-refractivity contribution is 0.683. The Kier molecular flexibility index (Phi) is 4.54. The lowest BCUT2D eigenvalue weighted by Gasteiger charge is -2.10. The van der Waals surface area contributed by atoms with E-state index in [1.54, 1.807) is 17.6 Å². The number of thiazole rings is 1. The van der Waals surface area contributed by atoms with Gasteiger partial charge in [-0.3, -0.25) is 4.21 Å². The minimum Gasteiger partial charge on any atom is -0.358 e. The molecule has 0 amide bonds. The van der Waals surface area contributed by atoms with Gasteiger partial charge in [0.15, 0.2) is 5.13 Å². The number of anilines is 1. The van der Waals surface area contributed by atoms with Gasteiger partial charge >= 0.3 is 0 Å². The van der Waals surface area contributed by atoms with Crippen LogP contribution in [-0.4, -0.2) is 27.2 Å². The molecule has 0 bridgehead atoms. The molecule has 0 fully saturated rings. The van der Waals surface area contributed by atoms with Crippen molar-refractivity contribution in [2.24, 2.45) is 0 Å². The molecule has 80 valence electrons. The summed E-state index contributed by atoms with van der Waals surface area (Å²) < 4.78 is 11.0. The zero-order chi connectivity index (χ0) is 10.6. The van der Waals surface area contributed by atoms with Gasteiger partial charge in [-0.25, -0.2) is 4.98 Å². The van der Waals surface area contributed by atoms with Crippen LogP contribution in [0.4, 0.5) is 5.13 Å². The van der Waals surface area contributed by atoms with Crippen LogP contribution in [0.25, 0.3) is 0 Å². The van der Waals surface area contributed by atoms with Gasteiger partial charge in [0.1, 0.15) is 0 Å². The predicted molar refractivity (Wildman–Crippen MR) is 63.5 cm³/mol. The molecule has 1 heterocycles. The van der Waals surface area contributed by atoms with E-state index in [0.29, 0.717) is 5.75 Å². The summed E-state index contributed by atoms with van der Waals surface area (Å²) >= 11 is 1.61. The van der Waals surface area contributed by atoms with Crippen LogP contribution in [0.5, 0.6) is 0 Å². The molecule has 0 spiro atoms. The van der Waals surface area contributed by atoms with E-state index in [0.717, 1.165) is 17.2 Å². The van der Waals surface area contributed by atoms with Gasteiger partial charge in [0.2, 0.25) is 0 Å². The molecule has 0 aliphatic rings. The Morgan fingerprint density at radius 3 is 2.93 bits per heavy atom. The van der Waals surface area contributed by atoms with E-state index in [2.05, 4.69) is 22.6 Å². The first kappa shape index (κ1) is 11.7. The molecule has 1 N–H and O–H groups in total. The fraction of sp³-hybridized carbons (Fsp3) is 0.667. The van der Waals surface area contributed by atoms with Crippen molar-refractivity contribution in [2.75, 3.05) is 17.3 Å². The quantitative estimate of drug-likeness (QED) is 0.843. The number of nitrogens with zero attached hydrogens (tertiary/aromatic N) is 1. The van der Waals surface area contributed by atoms with E-state index >= 15 is 0 Å². The third-order valence-corrected chi connectivity index (χ3v) is 3.56. The summed E-state index contributed by atoms with van der Waals surface area (Å²) in [7, 11) is -0.750. The Hall–Kier alpha value is -0.420. The number of aromatic nitrogens is 1. The largest absolute Gasteiger partial charge is 0.358 e. The summed E-state index contributed by atoms with van der Waals surface area (Å²) in [6, 6.07) is 0.219. The van der Waals surface area contributed by atoms with Gasteiger partial charge in [-0.15, -0.1) is 11.3 Å². The molecule has 0 aliphatic heterocycles. The zero-order valence-corrected chi connectivity index (χ0v) is 10.4. The Bertz CT molecular complexity index is 312. The fourth-order valence-corrected chi connectivity index (χ4v) is 2.83. The van der Waals surface area contributed by atoms with Gasteiger partial charge in [-0.05, 0) is 13.3 Å². The lowest BCUT2D eigenvalue weighted by atomic mass is 10.4. The van der Waals surface area contributed by atoms with Crippen LogP contribution in [0.3, 0.4) is 0 Å². The number of aryl methyl sites for hydroxylation is 1. The molecule has 2 unspecified atom stereocenters. The van der Waals surface area contributed by atoms with Gasteiger partial charge in [-0.1, -0.05) is 6.92 Å². The monoisotopic (exact) mass is 232 g/mol. The molecule has 1 rings (SSSR count). The van der Waals surface area contributed by atoms with E-state index in [1.165, 1.54) is 0 Å². The summed E-state index contributed by atoms with van der Waals surface area (Å²) in [4.78, 5) is 4.38. The first-order valence-corrected chi connectivity index (χ1v) is 7.23. The van der Waals surface area contributed by atoms with Crippen LogP contribution < -0.4 is 5.32 Å². The van der Waals surface area contributed by atoms with Crippen LogP contribution in [0.2, 0.25) is 0 Å². The summed E-state index contributed by atoms with van der Waals surface area (Å²) in [6.07, 6.45) is 2.68. The highest BCUT2D eigenvalue weighted by Crippen LogP contribution is 2.16.